The minimum absolute atomic E-state index is 0.00688. The summed E-state index contributed by atoms with van der Waals surface area (Å²) < 4.78 is 25.6. The molecular weight excluding hydrogens is 368 g/mol. The van der Waals surface area contributed by atoms with Crippen molar-refractivity contribution in [3.05, 3.63) is 33.8 Å². The van der Waals surface area contributed by atoms with Gasteiger partial charge in [0.25, 0.3) is 0 Å². The second-order valence-corrected chi connectivity index (χ2v) is 10.6. The van der Waals surface area contributed by atoms with Gasteiger partial charge in [-0.3, -0.25) is 9.58 Å². The molecular formula is C18H26N4O2S2. The van der Waals surface area contributed by atoms with Gasteiger partial charge in [0.15, 0.2) is 9.84 Å². The third-order valence-electron chi connectivity index (χ3n) is 5.49. The number of aryl methyl sites for hydroxylation is 1. The van der Waals surface area contributed by atoms with Crippen LogP contribution in [0.25, 0.3) is 0 Å². The van der Waals surface area contributed by atoms with E-state index in [1.54, 1.807) is 0 Å². The van der Waals surface area contributed by atoms with Gasteiger partial charge in [-0.2, -0.15) is 5.10 Å². The lowest BCUT2D eigenvalue weighted by atomic mass is 10.2. The van der Waals surface area contributed by atoms with Crippen molar-refractivity contribution in [2.45, 2.75) is 32.9 Å². The Bertz CT molecular complexity index is 865. The highest BCUT2D eigenvalue weighted by molar-refractivity contribution is 7.91. The van der Waals surface area contributed by atoms with Gasteiger partial charge in [-0.25, -0.2) is 8.42 Å². The smallest absolute Gasteiger partial charge is 0.152 e. The van der Waals surface area contributed by atoms with Gasteiger partial charge in [0.05, 0.1) is 34.6 Å². The van der Waals surface area contributed by atoms with Crippen LogP contribution in [0.1, 0.15) is 28.7 Å². The molecule has 0 radical (unpaired) electrons. The number of piperazine rings is 1. The van der Waals surface area contributed by atoms with Crippen LogP contribution < -0.4 is 4.90 Å². The lowest BCUT2D eigenvalue weighted by Gasteiger charge is -2.36. The maximum atomic E-state index is 11.8. The zero-order valence-electron chi connectivity index (χ0n) is 15.4. The summed E-state index contributed by atoms with van der Waals surface area (Å²) in [4.78, 5) is 6.34. The number of aromatic nitrogens is 2. The summed E-state index contributed by atoms with van der Waals surface area (Å²) in [5.41, 5.74) is 3.32. The molecule has 1 atom stereocenters. The predicted octanol–water partition coefficient (Wildman–Crippen LogP) is 2.24. The molecule has 0 bridgehead atoms. The molecule has 8 heteroatoms. The number of nitrogens with zero attached hydrogens (tertiary/aromatic N) is 4. The molecule has 4 rings (SSSR count). The number of sulfone groups is 1. The summed E-state index contributed by atoms with van der Waals surface area (Å²) in [6, 6.07) is 4.30. The third-order valence-corrected chi connectivity index (χ3v) is 8.10. The van der Waals surface area contributed by atoms with Gasteiger partial charge in [0.2, 0.25) is 0 Å². The first-order valence-electron chi connectivity index (χ1n) is 9.19. The molecule has 2 saturated heterocycles. The highest BCUT2D eigenvalue weighted by Gasteiger charge is 2.32. The van der Waals surface area contributed by atoms with Gasteiger partial charge in [-0.05, 0) is 31.7 Å². The van der Waals surface area contributed by atoms with Crippen LogP contribution in [0, 0.1) is 13.8 Å². The normalized spacial score (nSPS) is 23.6. The van der Waals surface area contributed by atoms with Crippen LogP contribution >= 0.6 is 11.3 Å². The standard InChI is InChI=1S/C18H26N4O2S2/c1-14-18(15(2)22(19-14)16-5-11-26(23,24)13-16)21-8-6-20(7-9-21)12-17-4-3-10-25-17/h3-4,10,16H,5-9,11-13H2,1-2H3. The zero-order chi connectivity index (χ0) is 18.3. The van der Waals surface area contributed by atoms with E-state index in [0.717, 1.165) is 44.1 Å². The van der Waals surface area contributed by atoms with Crippen LogP contribution in [0.15, 0.2) is 17.5 Å². The topological polar surface area (TPSA) is 58.4 Å². The largest absolute Gasteiger partial charge is 0.366 e. The first-order valence-corrected chi connectivity index (χ1v) is 11.9. The fourth-order valence-electron chi connectivity index (χ4n) is 4.19. The lowest BCUT2D eigenvalue weighted by Crippen LogP contribution is -2.46. The van der Waals surface area contributed by atoms with Crippen molar-refractivity contribution in [1.29, 1.82) is 0 Å². The minimum Gasteiger partial charge on any atom is -0.366 e. The van der Waals surface area contributed by atoms with E-state index in [1.807, 2.05) is 22.9 Å². The van der Waals surface area contributed by atoms with Crippen molar-refractivity contribution in [2.75, 3.05) is 42.6 Å². The van der Waals surface area contributed by atoms with Crippen molar-refractivity contribution in [3.8, 4) is 0 Å². The average molecular weight is 395 g/mol. The fourth-order valence-corrected chi connectivity index (χ4v) is 6.63. The average Bonchev–Trinajstić information content (AvgIpc) is 3.29. The van der Waals surface area contributed by atoms with Crippen molar-refractivity contribution in [1.82, 2.24) is 14.7 Å². The van der Waals surface area contributed by atoms with E-state index in [2.05, 4.69) is 34.2 Å². The molecule has 2 aromatic heterocycles. The van der Waals surface area contributed by atoms with E-state index in [0.29, 0.717) is 6.42 Å². The molecule has 4 heterocycles. The van der Waals surface area contributed by atoms with Crippen molar-refractivity contribution < 1.29 is 8.42 Å². The van der Waals surface area contributed by atoms with Crippen molar-refractivity contribution >= 4 is 26.9 Å². The Morgan fingerprint density at radius 3 is 2.62 bits per heavy atom. The molecule has 2 fully saturated rings. The maximum absolute atomic E-state index is 11.8. The quantitative estimate of drug-likeness (QED) is 0.796. The summed E-state index contributed by atoms with van der Waals surface area (Å²) in [6.45, 7) is 9.21. The summed E-state index contributed by atoms with van der Waals surface area (Å²) in [6.07, 6.45) is 0.679. The SMILES string of the molecule is Cc1nn(C2CCS(=O)(=O)C2)c(C)c1N1CCN(Cc2cccs2)CC1. The highest BCUT2D eigenvalue weighted by atomic mass is 32.2. The fraction of sp³-hybridized carbons (Fsp3) is 0.611. The molecule has 0 aromatic carbocycles. The van der Waals surface area contributed by atoms with E-state index in [-0.39, 0.29) is 17.5 Å². The summed E-state index contributed by atoms with van der Waals surface area (Å²) in [5, 5.41) is 6.85. The molecule has 0 N–H and O–H groups in total. The van der Waals surface area contributed by atoms with Gasteiger partial charge >= 0.3 is 0 Å². The molecule has 1 unspecified atom stereocenters. The first kappa shape index (κ1) is 18.0. The molecule has 0 saturated carbocycles. The van der Waals surface area contributed by atoms with Crippen molar-refractivity contribution in [2.24, 2.45) is 0 Å². The van der Waals surface area contributed by atoms with Gasteiger partial charge in [0, 0.05) is 37.6 Å². The second-order valence-electron chi connectivity index (χ2n) is 7.36. The number of anilines is 1. The van der Waals surface area contributed by atoms with Crippen LogP contribution in [-0.2, 0) is 16.4 Å². The Balaban J connectivity index is 1.45. The Hall–Kier alpha value is -1.38. The van der Waals surface area contributed by atoms with Gasteiger partial charge in [0.1, 0.15) is 0 Å². The first-order chi connectivity index (χ1) is 12.4. The van der Waals surface area contributed by atoms with Crippen LogP contribution in [0.2, 0.25) is 0 Å². The molecule has 2 aliphatic rings. The molecule has 0 aliphatic carbocycles. The van der Waals surface area contributed by atoms with E-state index in [4.69, 9.17) is 5.10 Å². The van der Waals surface area contributed by atoms with Crippen LogP contribution in [0.5, 0.6) is 0 Å². The van der Waals surface area contributed by atoms with Crippen LogP contribution in [0.4, 0.5) is 5.69 Å². The molecule has 6 nitrogen and oxygen atoms in total. The summed E-state index contributed by atoms with van der Waals surface area (Å²) in [5.74, 6) is 0.510. The van der Waals surface area contributed by atoms with Gasteiger partial charge in [-0.15, -0.1) is 11.3 Å². The van der Waals surface area contributed by atoms with Gasteiger partial charge < -0.3 is 4.90 Å². The van der Waals surface area contributed by atoms with E-state index < -0.39 is 9.84 Å². The Morgan fingerprint density at radius 2 is 2.00 bits per heavy atom. The Labute approximate surface area is 159 Å². The molecule has 26 heavy (non-hydrogen) atoms. The molecule has 2 aliphatic heterocycles. The minimum atomic E-state index is -2.90. The number of thiophene rings is 1. The summed E-state index contributed by atoms with van der Waals surface area (Å²) in [7, 11) is -2.90. The zero-order valence-corrected chi connectivity index (χ0v) is 17.0. The van der Waals surface area contributed by atoms with E-state index in [1.165, 1.54) is 10.6 Å². The Morgan fingerprint density at radius 1 is 1.23 bits per heavy atom. The van der Waals surface area contributed by atoms with E-state index in [9.17, 15) is 8.42 Å². The van der Waals surface area contributed by atoms with Gasteiger partial charge in [-0.1, -0.05) is 6.07 Å². The summed E-state index contributed by atoms with van der Waals surface area (Å²) >= 11 is 1.82. The third kappa shape index (κ3) is 3.54. The lowest BCUT2D eigenvalue weighted by molar-refractivity contribution is 0.251. The number of hydrogen-bond acceptors (Lipinski definition) is 6. The molecule has 2 aromatic rings. The molecule has 0 amide bonds. The van der Waals surface area contributed by atoms with Crippen LogP contribution in [0.3, 0.4) is 0 Å². The molecule has 142 valence electrons. The number of rotatable bonds is 4. The second kappa shape index (κ2) is 6.98. The van der Waals surface area contributed by atoms with Crippen LogP contribution in [-0.4, -0.2) is 60.8 Å². The predicted molar refractivity (Wildman–Crippen MR) is 106 cm³/mol. The van der Waals surface area contributed by atoms with Crippen molar-refractivity contribution in [3.63, 3.8) is 0 Å². The van der Waals surface area contributed by atoms with E-state index >= 15 is 0 Å². The maximum Gasteiger partial charge on any atom is 0.152 e. The monoisotopic (exact) mass is 394 g/mol. The number of hydrogen-bond donors (Lipinski definition) is 0. The highest BCUT2D eigenvalue weighted by Crippen LogP contribution is 2.31. The molecule has 0 spiro atoms. The Kier molecular flexibility index (Phi) is 4.83.